The summed E-state index contributed by atoms with van der Waals surface area (Å²) in [6, 6.07) is 17.5. The molecule has 0 aromatic heterocycles. The first-order valence-electron chi connectivity index (χ1n) is 10.2. The fourth-order valence-electron chi connectivity index (χ4n) is 3.78. The van der Waals surface area contributed by atoms with Crippen LogP contribution in [0.1, 0.15) is 46.0 Å². The summed E-state index contributed by atoms with van der Waals surface area (Å²) >= 11 is 0. The fourth-order valence-corrected chi connectivity index (χ4v) is 3.78. The van der Waals surface area contributed by atoms with Gasteiger partial charge >= 0.3 is 0 Å². The maximum atomic E-state index is 12.5. The minimum Gasteiger partial charge on any atom is -0.357 e. The molecule has 29 heavy (non-hydrogen) atoms. The zero-order chi connectivity index (χ0) is 20.3. The van der Waals surface area contributed by atoms with Crippen LogP contribution in [-0.2, 0) is 5.41 Å². The highest BCUT2D eigenvalue weighted by Gasteiger charge is 2.44. The van der Waals surface area contributed by atoms with E-state index in [1.807, 2.05) is 13.0 Å². The van der Waals surface area contributed by atoms with E-state index >= 15 is 0 Å². The summed E-state index contributed by atoms with van der Waals surface area (Å²) in [7, 11) is 0. The van der Waals surface area contributed by atoms with E-state index in [1.165, 1.54) is 10.5 Å². The highest BCUT2D eigenvalue weighted by atomic mass is 16.2. The molecule has 1 saturated carbocycles. The molecule has 2 N–H and O–H groups in total. The number of imide groups is 1. The molecule has 1 aliphatic heterocycles. The summed E-state index contributed by atoms with van der Waals surface area (Å²) in [5.41, 5.74) is 2.45. The lowest BCUT2D eigenvalue weighted by Crippen LogP contribution is -2.43. The van der Waals surface area contributed by atoms with Crippen LogP contribution < -0.4 is 10.6 Å². The lowest BCUT2D eigenvalue weighted by Gasteiger charge is -2.18. The van der Waals surface area contributed by atoms with Gasteiger partial charge in [-0.1, -0.05) is 42.5 Å². The van der Waals surface area contributed by atoms with Gasteiger partial charge in [0.1, 0.15) is 0 Å². The molecule has 1 fully saturated rings. The molecule has 0 bridgehead atoms. The van der Waals surface area contributed by atoms with Crippen LogP contribution in [0.2, 0.25) is 0 Å². The highest BCUT2D eigenvalue weighted by molar-refractivity contribution is 6.21. The van der Waals surface area contributed by atoms with Crippen LogP contribution in [0.3, 0.4) is 0 Å². The summed E-state index contributed by atoms with van der Waals surface area (Å²) in [5.74, 6) is 0.261. The third-order valence-electron chi connectivity index (χ3n) is 5.63. The van der Waals surface area contributed by atoms with E-state index in [1.54, 1.807) is 24.3 Å². The molecule has 2 aromatic carbocycles. The number of nitrogens with one attached hydrogen (secondary N) is 2. The van der Waals surface area contributed by atoms with Gasteiger partial charge < -0.3 is 10.6 Å². The Bertz CT molecular complexity index is 900. The number of benzene rings is 2. The lowest BCUT2D eigenvalue weighted by atomic mass is 9.96. The Labute approximate surface area is 171 Å². The predicted molar refractivity (Wildman–Crippen MR) is 113 cm³/mol. The summed E-state index contributed by atoms with van der Waals surface area (Å²) in [4.78, 5) is 31.0. The van der Waals surface area contributed by atoms with Crippen molar-refractivity contribution in [3.8, 4) is 0 Å². The predicted octanol–water partition coefficient (Wildman–Crippen LogP) is 2.57. The van der Waals surface area contributed by atoms with Gasteiger partial charge in [0.15, 0.2) is 5.96 Å². The number of aliphatic imine (C=N–C) groups is 1. The van der Waals surface area contributed by atoms with E-state index in [0.29, 0.717) is 30.2 Å². The van der Waals surface area contributed by atoms with Crippen molar-refractivity contribution in [3.05, 3.63) is 71.3 Å². The molecule has 1 aliphatic carbocycles. The second kappa shape index (κ2) is 8.07. The molecule has 2 aromatic rings. The van der Waals surface area contributed by atoms with Gasteiger partial charge in [0.25, 0.3) is 11.8 Å². The maximum absolute atomic E-state index is 12.5. The van der Waals surface area contributed by atoms with E-state index in [0.717, 1.165) is 25.9 Å². The lowest BCUT2D eigenvalue weighted by molar-refractivity contribution is 0.0657. The maximum Gasteiger partial charge on any atom is 0.261 e. The third-order valence-corrected chi connectivity index (χ3v) is 5.63. The number of fused-ring (bicyclic) bond motifs is 1. The third kappa shape index (κ3) is 3.88. The van der Waals surface area contributed by atoms with Crippen molar-refractivity contribution in [3.63, 3.8) is 0 Å². The summed E-state index contributed by atoms with van der Waals surface area (Å²) in [6.07, 6.45) is 2.30. The van der Waals surface area contributed by atoms with Gasteiger partial charge in [-0.25, -0.2) is 0 Å². The summed E-state index contributed by atoms with van der Waals surface area (Å²) in [6.45, 7) is 4.25. The molecule has 0 spiro atoms. The summed E-state index contributed by atoms with van der Waals surface area (Å²) < 4.78 is 0. The van der Waals surface area contributed by atoms with Gasteiger partial charge in [0, 0.05) is 25.0 Å². The van der Waals surface area contributed by atoms with Crippen LogP contribution in [0.15, 0.2) is 59.6 Å². The van der Waals surface area contributed by atoms with Crippen LogP contribution >= 0.6 is 0 Å². The Morgan fingerprint density at radius 1 is 0.966 bits per heavy atom. The second-order valence-corrected chi connectivity index (χ2v) is 7.58. The summed E-state index contributed by atoms with van der Waals surface area (Å²) in [5, 5.41) is 6.51. The Morgan fingerprint density at radius 2 is 1.59 bits per heavy atom. The molecule has 4 rings (SSSR count). The van der Waals surface area contributed by atoms with Gasteiger partial charge in [-0.2, -0.15) is 0 Å². The standard InChI is InChI=1S/C23H26N4O2/c1-2-24-22(26-16-23(12-13-23)17-8-4-3-5-9-17)25-14-15-27-20(28)18-10-6-7-11-19(18)21(27)29/h3-11H,2,12-16H2,1H3,(H2,24,25,26). The molecular weight excluding hydrogens is 364 g/mol. The Morgan fingerprint density at radius 3 is 2.17 bits per heavy atom. The average Bonchev–Trinajstić information content (AvgIpc) is 3.51. The van der Waals surface area contributed by atoms with Crippen molar-refractivity contribution in [2.75, 3.05) is 26.2 Å². The van der Waals surface area contributed by atoms with Gasteiger partial charge in [0.05, 0.1) is 17.7 Å². The Kier molecular flexibility index (Phi) is 5.34. The smallest absolute Gasteiger partial charge is 0.261 e. The number of hydrogen-bond acceptors (Lipinski definition) is 3. The van der Waals surface area contributed by atoms with E-state index < -0.39 is 0 Å². The highest BCUT2D eigenvalue weighted by Crippen LogP contribution is 2.48. The van der Waals surface area contributed by atoms with Crippen molar-refractivity contribution in [2.24, 2.45) is 4.99 Å². The number of rotatable bonds is 7. The zero-order valence-corrected chi connectivity index (χ0v) is 16.6. The first-order valence-corrected chi connectivity index (χ1v) is 10.2. The number of carbonyl (C=O) groups excluding carboxylic acids is 2. The second-order valence-electron chi connectivity index (χ2n) is 7.58. The van der Waals surface area contributed by atoms with E-state index in [4.69, 9.17) is 4.99 Å². The number of nitrogens with zero attached hydrogens (tertiary/aromatic N) is 2. The molecule has 6 nitrogen and oxygen atoms in total. The van der Waals surface area contributed by atoms with Gasteiger partial charge in [0.2, 0.25) is 0 Å². The first-order chi connectivity index (χ1) is 14.1. The zero-order valence-electron chi connectivity index (χ0n) is 16.6. The van der Waals surface area contributed by atoms with Crippen molar-refractivity contribution in [1.29, 1.82) is 0 Å². The average molecular weight is 390 g/mol. The normalized spacial score (nSPS) is 17.3. The number of guanidine groups is 1. The topological polar surface area (TPSA) is 73.8 Å². The van der Waals surface area contributed by atoms with E-state index in [2.05, 4.69) is 34.9 Å². The number of carbonyl (C=O) groups is 2. The van der Waals surface area contributed by atoms with Crippen LogP contribution in [0.25, 0.3) is 0 Å². The molecule has 0 atom stereocenters. The number of hydrogen-bond donors (Lipinski definition) is 2. The van der Waals surface area contributed by atoms with Crippen molar-refractivity contribution < 1.29 is 9.59 Å². The Balaban J connectivity index is 1.36. The molecule has 6 heteroatoms. The van der Waals surface area contributed by atoms with E-state index in [9.17, 15) is 9.59 Å². The molecule has 0 saturated heterocycles. The molecule has 1 heterocycles. The molecule has 0 unspecified atom stereocenters. The quantitative estimate of drug-likeness (QED) is 0.433. The first kappa shape index (κ1) is 19.2. The van der Waals surface area contributed by atoms with Crippen LogP contribution in [0.5, 0.6) is 0 Å². The van der Waals surface area contributed by atoms with Gasteiger partial charge in [-0.05, 0) is 37.5 Å². The fraction of sp³-hybridized carbons (Fsp3) is 0.348. The SMILES string of the molecule is CCNC(=NCC1(c2ccccc2)CC1)NCCN1C(=O)c2ccccc2C1=O. The Hall–Kier alpha value is -3.15. The largest absolute Gasteiger partial charge is 0.357 e. The van der Waals surface area contributed by atoms with Gasteiger partial charge in [-0.3, -0.25) is 19.5 Å². The van der Waals surface area contributed by atoms with Crippen molar-refractivity contribution >= 4 is 17.8 Å². The molecule has 150 valence electrons. The van der Waals surface area contributed by atoms with Crippen LogP contribution in [-0.4, -0.2) is 48.9 Å². The van der Waals surface area contributed by atoms with Crippen LogP contribution in [0, 0.1) is 0 Å². The molecule has 2 amide bonds. The molecule has 2 aliphatic rings. The molecule has 0 radical (unpaired) electrons. The molecular formula is C23H26N4O2. The van der Waals surface area contributed by atoms with Crippen LogP contribution in [0.4, 0.5) is 0 Å². The minimum absolute atomic E-state index is 0.145. The van der Waals surface area contributed by atoms with Crippen molar-refractivity contribution in [1.82, 2.24) is 15.5 Å². The van der Waals surface area contributed by atoms with Gasteiger partial charge in [-0.15, -0.1) is 0 Å². The minimum atomic E-state index is -0.227. The number of amides is 2. The monoisotopic (exact) mass is 390 g/mol. The van der Waals surface area contributed by atoms with E-state index in [-0.39, 0.29) is 17.2 Å². The van der Waals surface area contributed by atoms with Crippen molar-refractivity contribution in [2.45, 2.75) is 25.2 Å².